The zero-order valence-electron chi connectivity index (χ0n) is 11.3. The van der Waals surface area contributed by atoms with Gasteiger partial charge in [-0.15, -0.1) is 0 Å². The summed E-state index contributed by atoms with van der Waals surface area (Å²) in [4.78, 5) is 11.0. The maximum atomic E-state index is 11.0. The van der Waals surface area contributed by atoms with Crippen LogP contribution in [0.5, 0.6) is 5.75 Å². The van der Waals surface area contributed by atoms with Gasteiger partial charge in [0.05, 0.1) is 5.56 Å². The highest BCUT2D eigenvalue weighted by atomic mass is 16.5. The summed E-state index contributed by atoms with van der Waals surface area (Å²) in [5.74, 6) is 1.07. The Kier molecular flexibility index (Phi) is 4.35. The van der Waals surface area contributed by atoms with E-state index in [1.807, 2.05) is 48.5 Å². The van der Waals surface area contributed by atoms with E-state index in [4.69, 9.17) is 4.74 Å². The Labute approximate surface area is 114 Å². The Balaban J connectivity index is 2.18. The lowest BCUT2D eigenvalue weighted by molar-refractivity contribution is 0.111. The van der Waals surface area contributed by atoms with Gasteiger partial charge >= 0.3 is 0 Å². The Morgan fingerprint density at radius 3 is 2.47 bits per heavy atom. The average molecular weight is 254 g/mol. The van der Waals surface area contributed by atoms with Gasteiger partial charge in [-0.25, -0.2) is 0 Å². The molecule has 2 rings (SSSR count). The van der Waals surface area contributed by atoms with Crippen molar-refractivity contribution in [1.29, 1.82) is 0 Å². The van der Waals surface area contributed by atoms with E-state index in [1.54, 1.807) is 0 Å². The fraction of sp³-hybridized carbons (Fsp3) is 0.235. The molecule has 0 radical (unpaired) electrons. The van der Waals surface area contributed by atoms with E-state index in [-0.39, 0.29) is 0 Å². The first-order chi connectivity index (χ1) is 9.20. The fourth-order valence-electron chi connectivity index (χ4n) is 1.87. The molecule has 2 aromatic rings. The van der Waals surface area contributed by atoms with Crippen molar-refractivity contribution in [3.05, 3.63) is 65.2 Å². The summed E-state index contributed by atoms with van der Waals surface area (Å²) in [6, 6.07) is 15.7. The molecule has 2 nitrogen and oxygen atoms in total. The SMILES string of the molecule is CC(C)c1ccc(C=O)c(OCc2ccccc2)c1. The summed E-state index contributed by atoms with van der Waals surface area (Å²) in [5, 5.41) is 0. The lowest BCUT2D eigenvalue weighted by Crippen LogP contribution is -1.99. The second-order valence-electron chi connectivity index (χ2n) is 4.84. The van der Waals surface area contributed by atoms with Crippen LogP contribution in [-0.4, -0.2) is 6.29 Å². The van der Waals surface area contributed by atoms with Crippen molar-refractivity contribution in [2.75, 3.05) is 0 Å². The van der Waals surface area contributed by atoms with E-state index in [0.29, 0.717) is 23.8 Å². The molecular formula is C17H18O2. The maximum Gasteiger partial charge on any atom is 0.153 e. The van der Waals surface area contributed by atoms with Gasteiger partial charge in [0.1, 0.15) is 12.4 Å². The molecule has 0 aliphatic carbocycles. The number of rotatable bonds is 5. The van der Waals surface area contributed by atoms with Gasteiger partial charge in [-0.1, -0.05) is 50.2 Å². The number of hydrogen-bond donors (Lipinski definition) is 0. The van der Waals surface area contributed by atoms with Crippen LogP contribution in [0.25, 0.3) is 0 Å². The molecule has 19 heavy (non-hydrogen) atoms. The summed E-state index contributed by atoms with van der Waals surface area (Å²) in [6.07, 6.45) is 0.838. The van der Waals surface area contributed by atoms with Crippen molar-refractivity contribution < 1.29 is 9.53 Å². The largest absolute Gasteiger partial charge is 0.488 e. The predicted octanol–water partition coefficient (Wildman–Crippen LogP) is 4.20. The molecule has 0 atom stereocenters. The molecule has 0 N–H and O–H groups in total. The van der Waals surface area contributed by atoms with Crippen LogP contribution < -0.4 is 4.74 Å². The lowest BCUT2D eigenvalue weighted by Gasteiger charge is -2.12. The van der Waals surface area contributed by atoms with Crippen LogP contribution in [0.4, 0.5) is 0 Å². The third-order valence-corrected chi connectivity index (χ3v) is 3.07. The summed E-state index contributed by atoms with van der Waals surface area (Å²) in [6.45, 7) is 4.72. The quantitative estimate of drug-likeness (QED) is 0.747. The highest BCUT2D eigenvalue weighted by molar-refractivity contribution is 5.79. The fourth-order valence-corrected chi connectivity index (χ4v) is 1.87. The Hall–Kier alpha value is -2.09. The van der Waals surface area contributed by atoms with Crippen LogP contribution in [0.3, 0.4) is 0 Å². The summed E-state index contributed by atoms with van der Waals surface area (Å²) in [7, 11) is 0. The molecular weight excluding hydrogens is 236 g/mol. The summed E-state index contributed by atoms with van der Waals surface area (Å²) in [5.41, 5.74) is 2.86. The minimum absolute atomic E-state index is 0.416. The van der Waals surface area contributed by atoms with Gasteiger partial charge in [0.25, 0.3) is 0 Å². The third kappa shape index (κ3) is 3.44. The first kappa shape index (κ1) is 13.3. The van der Waals surface area contributed by atoms with Gasteiger partial charge in [-0.3, -0.25) is 4.79 Å². The summed E-state index contributed by atoms with van der Waals surface area (Å²) >= 11 is 0. The highest BCUT2D eigenvalue weighted by Gasteiger charge is 2.07. The molecule has 0 heterocycles. The molecule has 2 heteroatoms. The molecule has 0 unspecified atom stereocenters. The van der Waals surface area contributed by atoms with Crippen LogP contribution in [0.2, 0.25) is 0 Å². The zero-order valence-corrected chi connectivity index (χ0v) is 11.3. The van der Waals surface area contributed by atoms with Crippen molar-refractivity contribution in [3.8, 4) is 5.75 Å². The topological polar surface area (TPSA) is 26.3 Å². The van der Waals surface area contributed by atoms with Crippen molar-refractivity contribution in [2.24, 2.45) is 0 Å². The van der Waals surface area contributed by atoms with E-state index in [9.17, 15) is 4.79 Å². The normalized spacial score (nSPS) is 10.5. The number of carbonyl (C=O) groups excluding carboxylic acids is 1. The Bertz CT molecular complexity index is 544. The maximum absolute atomic E-state index is 11.0. The molecule has 0 spiro atoms. The second kappa shape index (κ2) is 6.19. The van der Waals surface area contributed by atoms with E-state index in [2.05, 4.69) is 13.8 Å². The van der Waals surface area contributed by atoms with E-state index in [1.165, 1.54) is 5.56 Å². The van der Waals surface area contributed by atoms with Crippen LogP contribution >= 0.6 is 0 Å². The first-order valence-corrected chi connectivity index (χ1v) is 6.46. The van der Waals surface area contributed by atoms with Gasteiger partial charge < -0.3 is 4.74 Å². The van der Waals surface area contributed by atoms with Gasteiger partial charge in [0, 0.05) is 0 Å². The van der Waals surface area contributed by atoms with Crippen LogP contribution in [0, 0.1) is 0 Å². The molecule has 98 valence electrons. The number of aldehydes is 1. The van der Waals surface area contributed by atoms with Crippen molar-refractivity contribution >= 4 is 6.29 Å². The van der Waals surface area contributed by atoms with Crippen molar-refractivity contribution in [3.63, 3.8) is 0 Å². The number of carbonyl (C=O) groups is 1. The smallest absolute Gasteiger partial charge is 0.153 e. The van der Waals surface area contributed by atoms with E-state index < -0.39 is 0 Å². The van der Waals surface area contributed by atoms with Crippen LogP contribution in [-0.2, 0) is 6.61 Å². The van der Waals surface area contributed by atoms with Gasteiger partial charge in [0.15, 0.2) is 6.29 Å². The second-order valence-corrected chi connectivity index (χ2v) is 4.84. The van der Waals surface area contributed by atoms with Crippen molar-refractivity contribution in [1.82, 2.24) is 0 Å². The van der Waals surface area contributed by atoms with Gasteiger partial charge in [0.2, 0.25) is 0 Å². The Morgan fingerprint density at radius 2 is 1.84 bits per heavy atom. The van der Waals surface area contributed by atoms with Crippen molar-refractivity contribution in [2.45, 2.75) is 26.4 Å². The third-order valence-electron chi connectivity index (χ3n) is 3.07. The Morgan fingerprint density at radius 1 is 1.11 bits per heavy atom. The molecule has 0 amide bonds. The number of hydrogen-bond acceptors (Lipinski definition) is 2. The number of ether oxygens (including phenoxy) is 1. The number of benzene rings is 2. The highest BCUT2D eigenvalue weighted by Crippen LogP contribution is 2.24. The predicted molar refractivity (Wildman–Crippen MR) is 76.7 cm³/mol. The minimum Gasteiger partial charge on any atom is -0.488 e. The standard InChI is InChI=1S/C17H18O2/c1-13(2)15-8-9-16(11-18)17(10-15)19-12-14-6-4-3-5-7-14/h3-11,13H,12H2,1-2H3. The minimum atomic E-state index is 0.416. The van der Waals surface area contributed by atoms with Crippen LogP contribution in [0.1, 0.15) is 41.3 Å². The lowest BCUT2D eigenvalue weighted by atomic mass is 10.0. The monoisotopic (exact) mass is 254 g/mol. The van der Waals surface area contributed by atoms with Gasteiger partial charge in [-0.05, 0) is 29.2 Å². The summed E-state index contributed by atoms with van der Waals surface area (Å²) < 4.78 is 5.77. The molecule has 0 aliphatic rings. The molecule has 2 aromatic carbocycles. The molecule has 0 saturated carbocycles. The molecule has 0 fully saturated rings. The van der Waals surface area contributed by atoms with E-state index in [0.717, 1.165) is 11.8 Å². The van der Waals surface area contributed by atoms with E-state index >= 15 is 0 Å². The zero-order chi connectivity index (χ0) is 13.7. The van der Waals surface area contributed by atoms with Crippen LogP contribution in [0.15, 0.2) is 48.5 Å². The molecule has 0 saturated heterocycles. The molecule has 0 aliphatic heterocycles. The first-order valence-electron chi connectivity index (χ1n) is 6.46. The average Bonchev–Trinajstić information content (AvgIpc) is 2.45. The molecule has 0 bridgehead atoms. The molecule has 0 aromatic heterocycles. The van der Waals surface area contributed by atoms with Gasteiger partial charge in [-0.2, -0.15) is 0 Å².